The van der Waals surface area contributed by atoms with Gasteiger partial charge in [-0.05, 0) is 158 Å². The Kier molecular flexibility index (Phi) is 18.6. The molecule has 3 rings (SSSR count). The summed E-state index contributed by atoms with van der Waals surface area (Å²) < 4.78 is 0. The van der Waals surface area contributed by atoms with Crippen LogP contribution < -0.4 is 0 Å². The minimum atomic E-state index is 0.246. The summed E-state index contributed by atoms with van der Waals surface area (Å²) >= 11 is 0. The topological polar surface area (TPSA) is 20.2 Å². The summed E-state index contributed by atoms with van der Waals surface area (Å²) in [7, 11) is 0. The molecule has 272 valence electrons. The Morgan fingerprint density at radius 3 is 1.18 bits per heavy atom. The third-order valence-corrected chi connectivity index (χ3v) is 11.2. The van der Waals surface area contributed by atoms with Crippen molar-refractivity contribution >= 4 is 0 Å². The molecule has 0 spiro atoms. The monoisotopic (exact) mass is 667 g/mol. The van der Waals surface area contributed by atoms with E-state index in [1.54, 1.807) is 38.9 Å². The summed E-state index contributed by atoms with van der Waals surface area (Å²) in [5.41, 5.74) is 15.3. The molecule has 0 radical (unpaired) electrons. The lowest BCUT2D eigenvalue weighted by atomic mass is 9.79. The van der Waals surface area contributed by atoms with Crippen molar-refractivity contribution in [1.82, 2.24) is 0 Å². The molecule has 0 aliphatic rings. The second-order valence-corrected chi connectivity index (χ2v) is 15.3. The number of benzene rings is 3. The van der Waals surface area contributed by atoms with E-state index in [1.165, 1.54) is 132 Å². The van der Waals surface area contributed by atoms with Crippen LogP contribution in [0.4, 0.5) is 0 Å². The fraction of sp³-hybridized carbons (Fsp3) is 0.625. The average molecular weight is 667 g/mol. The normalized spacial score (nSPS) is 12.8. The van der Waals surface area contributed by atoms with Crippen LogP contribution in [0.3, 0.4) is 0 Å². The Balaban J connectivity index is 2.02. The maximum atomic E-state index is 11.5. The number of aryl methyl sites for hydroxylation is 2. The predicted octanol–water partition coefficient (Wildman–Crippen LogP) is 14.1. The van der Waals surface area contributed by atoms with Gasteiger partial charge in [0.15, 0.2) is 0 Å². The molecule has 0 fully saturated rings. The van der Waals surface area contributed by atoms with Gasteiger partial charge in [0.05, 0.1) is 0 Å². The zero-order valence-electron chi connectivity index (χ0n) is 33.3. The van der Waals surface area contributed by atoms with Crippen LogP contribution in [0.25, 0.3) is 0 Å². The van der Waals surface area contributed by atoms with Crippen LogP contribution in [-0.4, -0.2) is 5.11 Å². The van der Waals surface area contributed by atoms with Crippen LogP contribution in [0, 0.1) is 0 Å². The highest BCUT2D eigenvalue weighted by Gasteiger charge is 2.23. The van der Waals surface area contributed by atoms with Crippen molar-refractivity contribution in [3.63, 3.8) is 0 Å². The number of rotatable bonds is 24. The Labute approximate surface area is 303 Å². The lowest BCUT2D eigenvalue weighted by Gasteiger charge is -2.26. The van der Waals surface area contributed by atoms with Gasteiger partial charge in [0.2, 0.25) is 0 Å². The molecule has 0 aliphatic heterocycles. The van der Waals surface area contributed by atoms with Gasteiger partial charge in [-0.25, -0.2) is 0 Å². The number of unbranched alkanes of at least 4 members (excludes halogenated alkanes) is 6. The van der Waals surface area contributed by atoms with Crippen LogP contribution in [0.2, 0.25) is 0 Å². The van der Waals surface area contributed by atoms with Gasteiger partial charge in [0.25, 0.3) is 0 Å². The van der Waals surface area contributed by atoms with E-state index in [9.17, 15) is 5.11 Å². The second kappa shape index (κ2) is 22.3. The summed E-state index contributed by atoms with van der Waals surface area (Å²) in [4.78, 5) is 0. The molecule has 0 amide bonds. The van der Waals surface area contributed by atoms with Crippen molar-refractivity contribution in [3.05, 3.63) is 98.1 Å². The first-order valence-corrected chi connectivity index (χ1v) is 20.9. The molecule has 1 heteroatoms. The predicted molar refractivity (Wildman–Crippen MR) is 217 cm³/mol. The summed E-state index contributed by atoms with van der Waals surface area (Å²) in [5, 5.41) is 11.5. The SMILES string of the molecule is CCCCc1ccc(CC(C)c2cccc(O)c2C(C)Cc2ccc(CCCC)c(CCCC)c2CCCC)c(CCCC)c1CCCC. The van der Waals surface area contributed by atoms with E-state index in [1.807, 2.05) is 6.07 Å². The number of phenolic OH excluding ortho intramolecular Hbond substituents is 1. The Hall–Kier alpha value is -2.54. The molecule has 0 saturated carbocycles. The van der Waals surface area contributed by atoms with Gasteiger partial charge in [-0.15, -0.1) is 0 Å². The van der Waals surface area contributed by atoms with Crippen LogP contribution in [0.5, 0.6) is 5.75 Å². The van der Waals surface area contributed by atoms with Crippen molar-refractivity contribution in [2.24, 2.45) is 0 Å². The zero-order chi connectivity index (χ0) is 35.6. The van der Waals surface area contributed by atoms with E-state index in [-0.39, 0.29) is 5.92 Å². The fourth-order valence-electron chi connectivity index (χ4n) is 8.23. The van der Waals surface area contributed by atoms with Gasteiger partial charge >= 0.3 is 0 Å². The molecule has 3 aromatic carbocycles. The van der Waals surface area contributed by atoms with E-state index in [0.717, 1.165) is 12.8 Å². The van der Waals surface area contributed by atoms with Crippen molar-refractivity contribution in [2.45, 2.75) is 196 Å². The molecule has 49 heavy (non-hydrogen) atoms. The van der Waals surface area contributed by atoms with Gasteiger partial charge in [-0.3, -0.25) is 0 Å². The maximum Gasteiger partial charge on any atom is 0.119 e. The second-order valence-electron chi connectivity index (χ2n) is 15.3. The number of aromatic hydroxyl groups is 1. The van der Waals surface area contributed by atoms with E-state index in [2.05, 4.69) is 91.8 Å². The summed E-state index contributed by atoms with van der Waals surface area (Å²) in [6, 6.07) is 16.2. The zero-order valence-corrected chi connectivity index (χ0v) is 33.3. The first kappa shape index (κ1) is 40.9. The highest BCUT2D eigenvalue weighted by atomic mass is 16.3. The Morgan fingerprint density at radius 1 is 0.429 bits per heavy atom. The van der Waals surface area contributed by atoms with Crippen LogP contribution in [0.15, 0.2) is 42.5 Å². The molecular formula is C48H74O. The molecule has 0 heterocycles. The van der Waals surface area contributed by atoms with E-state index in [4.69, 9.17) is 0 Å². The molecule has 0 saturated heterocycles. The minimum Gasteiger partial charge on any atom is -0.508 e. The molecule has 2 atom stereocenters. The first-order chi connectivity index (χ1) is 23.8. The van der Waals surface area contributed by atoms with Gasteiger partial charge in [0, 0.05) is 5.56 Å². The van der Waals surface area contributed by atoms with E-state index in [0.29, 0.717) is 11.7 Å². The Bertz CT molecular complexity index is 1380. The number of hydrogen-bond donors (Lipinski definition) is 1. The molecule has 1 nitrogen and oxygen atoms in total. The Morgan fingerprint density at radius 2 is 0.776 bits per heavy atom. The van der Waals surface area contributed by atoms with Gasteiger partial charge < -0.3 is 5.11 Å². The number of hydrogen-bond acceptors (Lipinski definition) is 1. The fourth-order valence-corrected chi connectivity index (χ4v) is 8.23. The highest BCUT2D eigenvalue weighted by molar-refractivity contribution is 5.48. The maximum absolute atomic E-state index is 11.5. The lowest BCUT2D eigenvalue weighted by molar-refractivity contribution is 0.459. The smallest absolute Gasteiger partial charge is 0.119 e. The lowest BCUT2D eigenvalue weighted by Crippen LogP contribution is -2.12. The molecular weight excluding hydrogens is 593 g/mol. The first-order valence-electron chi connectivity index (χ1n) is 20.9. The number of phenols is 1. The van der Waals surface area contributed by atoms with Crippen molar-refractivity contribution in [2.75, 3.05) is 0 Å². The van der Waals surface area contributed by atoms with Gasteiger partial charge in [-0.2, -0.15) is 0 Å². The average Bonchev–Trinajstić information content (AvgIpc) is 3.10. The molecule has 3 aromatic rings. The third-order valence-electron chi connectivity index (χ3n) is 11.2. The molecule has 2 unspecified atom stereocenters. The molecule has 1 N–H and O–H groups in total. The molecule has 0 aliphatic carbocycles. The summed E-state index contributed by atoms with van der Waals surface area (Å²) in [6.07, 6.45) is 24.2. The summed E-state index contributed by atoms with van der Waals surface area (Å²) in [6.45, 7) is 18.7. The summed E-state index contributed by atoms with van der Waals surface area (Å²) in [5.74, 6) is 1.06. The standard InChI is InChI=1S/C48H74O/c1-9-15-22-38-30-32-40(45(26-19-13-5)43(38)24-17-11-3)34-36(7)42-28-21-29-47(49)48(42)37(8)35-41-33-31-39(23-16-10-2)44(25-18-12-4)46(41)27-20-14-6/h21,28-33,36-37,49H,9-20,22-27,34-35H2,1-8H3. The molecule has 0 aromatic heterocycles. The third kappa shape index (κ3) is 11.8. The van der Waals surface area contributed by atoms with Crippen molar-refractivity contribution in [3.8, 4) is 5.75 Å². The van der Waals surface area contributed by atoms with Gasteiger partial charge in [0.1, 0.15) is 5.75 Å². The van der Waals surface area contributed by atoms with Gasteiger partial charge in [-0.1, -0.05) is 130 Å². The van der Waals surface area contributed by atoms with E-state index >= 15 is 0 Å². The van der Waals surface area contributed by atoms with Crippen LogP contribution >= 0.6 is 0 Å². The van der Waals surface area contributed by atoms with Crippen LogP contribution in [0.1, 0.15) is 200 Å². The minimum absolute atomic E-state index is 0.246. The van der Waals surface area contributed by atoms with E-state index < -0.39 is 0 Å². The molecule has 0 bridgehead atoms. The van der Waals surface area contributed by atoms with Crippen molar-refractivity contribution in [1.29, 1.82) is 0 Å². The quantitative estimate of drug-likeness (QED) is 0.101. The van der Waals surface area contributed by atoms with Crippen LogP contribution in [-0.2, 0) is 51.4 Å². The van der Waals surface area contributed by atoms with Crippen molar-refractivity contribution < 1.29 is 5.11 Å². The largest absolute Gasteiger partial charge is 0.508 e. The highest BCUT2D eigenvalue weighted by Crippen LogP contribution is 2.39.